The number of aryl methyl sites for hydroxylation is 1. The molecule has 0 atom stereocenters. The SMILES string of the molecule is Cc1noc(C(C)C)c1C(=O)Nc1cnc2c(cnn2C(C)C)c1. The maximum Gasteiger partial charge on any atom is 0.261 e. The van der Waals surface area contributed by atoms with Crippen molar-refractivity contribution in [3.05, 3.63) is 35.5 Å². The van der Waals surface area contributed by atoms with Crippen LogP contribution in [0.5, 0.6) is 0 Å². The lowest BCUT2D eigenvalue weighted by molar-refractivity contribution is 0.102. The molecule has 3 heterocycles. The second kappa shape index (κ2) is 6.07. The predicted octanol–water partition coefficient (Wildman–Crippen LogP) is 3.68. The van der Waals surface area contributed by atoms with Gasteiger partial charge < -0.3 is 9.84 Å². The molecule has 0 unspecified atom stereocenters. The van der Waals surface area contributed by atoms with Crippen molar-refractivity contribution < 1.29 is 9.32 Å². The molecule has 3 aromatic rings. The van der Waals surface area contributed by atoms with Crippen LogP contribution in [0.4, 0.5) is 5.69 Å². The van der Waals surface area contributed by atoms with Gasteiger partial charge in [-0.1, -0.05) is 19.0 Å². The van der Waals surface area contributed by atoms with Crippen LogP contribution in [0.3, 0.4) is 0 Å². The third kappa shape index (κ3) is 2.77. The number of carbonyl (C=O) groups excluding carboxylic acids is 1. The van der Waals surface area contributed by atoms with Crippen LogP contribution in [-0.2, 0) is 0 Å². The van der Waals surface area contributed by atoms with Crippen LogP contribution in [0, 0.1) is 6.92 Å². The molecule has 7 nitrogen and oxygen atoms in total. The molecular weight excluding hydrogens is 306 g/mol. The molecule has 0 saturated carbocycles. The zero-order valence-corrected chi connectivity index (χ0v) is 14.5. The number of rotatable bonds is 4. The van der Waals surface area contributed by atoms with Crippen LogP contribution in [0.1, 0.15) is 61.5 Å². The highest BCUT2D eigenvalue weighted by Gasteiger charge is 2.22. The lowest BCUT2D eigenvalue weighted by Crippen LogP contribution is -2.15. The van der Waals surface area contributed by atoms with E-state index in [1.54, 1.807) is 19.3 Å². The Balaban J connectivity index is 1.90. The van der Waals surface area contributed by atoms with Gasteiger partial charge in [0.25, 0.3) is 5.91 Å². The lowest BCUT2D eigenvalue weighted by atomic mass is 10.0. The molecule has 1 amide bonds. The Hall–Kier alpha value is -2.70. The number of hydrogen-bond acceptors (Lipinski definition) is 5. The highest BCUT2D eigenvalue weighted by atomic mass is 16.5. The van der Waals surface area contributed by atoms with Crippen molar-refractivity contribution in [3.8, 4) is 0 Å². The van der Waals surface area contributed by atoms with Crippen LogP contribution in [0.2, 0.25) is 0 Å². The first kappa shape index (κ1) is 16.2. The summed E-state index contributed by atoms with van der Waals surface area (Å²) in [6, 6.07) is 2.09. The van der Waals surface area contributed by atoms with E-state index in [1.807, 2.05) is 38.4 Å². The molecule has 0 aliphatic rings. The van der Waals surface area contributed by atoms with Crippen molar-refractivity contribution in [3.63, 3.8) is 0 Å². The van der Waals surface area contributed by atoms with E-state index in [2.05, 4.69) is 20.6 Å². The van der Waals surface area contributed by atoms with E-state index in [1.165, 1.54) is 0 Å². The molecule has 126 valence electrons. The second-order valence-corrected chi connectivity index (χ2v) is 6.44. The van der Waals surface area contributed by atoms with Gasteiger partial charge in [-0.15, -0.1) is 0 Å². The van der Waals surface area contributed by atoms with Gasteiger partial charge in [0, 0.05) is 17.3 Å². The summed E-state index contributed by atoms with van der Waals surface area (Å²) in [4.78, 5) is 17.0. The quantitative estimate of drug-likeness (QED) is 0.790. The predicted molar refractivity (Wildman–Crippen MR) is 91.2 cm³/mol. The summed E-state index contributed by atoms with van der Waals surface area (Å²) in [5.74, 6) is 0.429. The Morgan fingerprint density at radius 3 is 2.67 bits per heavy atom. The van der Waals surface area contributed by atoms with Crippen molar-refractivity contribution in [2.45, 2.75) is 46.6 Å². The Labute approximate surface area is 140 Å². The maximum atomic E-state index is 12.6. The highest BCUT2D eigenvalue weighted by molar-refractivity contribution is 6.06. The topological polar surface area (TPSA) is 85.8 Å². The van der Waals surface area contributed by atoms with Crippen LogP contribution < -0.4 is 5.32 Å². The molecule has 0 fully saturated rings. The molecule has 0 radical (unpaired) electrons. The molecule has 24 heavy (non-hydrogen) atoms. The normalized spacial score (nSPS) is 11.6. The average molecular weight is 327 g/mol. The van der Waals surface area contributed by atoms with Gasteiger partial charge in [0.15, 0.2) is 11.4 Å². The number of hydrogen-bond donors (Lipinski definition) is 1. The molecule has 0 saturated heterocycles. The molecule has 0 bridgehead atoms. The third-order valence-corrected chi connectivity index (χ3v) is 3.82. The lowest BCUT2D eigenvalue weighted by Gasteiger charge is -2.08. The molecule has 0 aliphatic heterocycles. The Bertz CT molecular complexity index is 892. The second-order valence-electron chi connectivity index (χ2n) is 6.44. The summed E-state index contributed by atoms with van der Waals surface area (Å²) in [7, 11) is 0. The Kier molecular flexibility index (Phi) is 4.09. The first-order chi connectivity index (χ1) is 11.4. The van der Waals surface area contributed by atoms with Gasteiger partial charge in [-0.3, -0.25) is 4.79 Å². The fraction of sp³-hybridized carbons (Fsp3) is 0.412. The van der Waals surface area contributed by atoms with E-state index in [9.17, 15) is 4.79 Å². The molecule has 7 heteroatoms. The smallest absolute Gasteiger partial charge is 0.261 e. The number of pyridine rings is 1. The van der Waals surface area contributed by atoms with Gasteiger partial charge in [-0.05, 0) is 26.8 Å². The Morgan fingerprint density at radius 1 is 1.25 bits per heavy atom. The number of carbonyl (C=O) groups is 1. The van der Waals surface area contributed by atoms with Gasteiger partial charge in [0.05, 0.1) is 23.8 Å². The number of nitrogens with one attached hydrogen (secondary N) is 1. The largest absolute Gasteiger partial charge is 0.360 e. The van der Waals surface area contributed by atoms with Crippen molar-refractivity contribution in [2.75, 3.05) is 5.32 Å². The molecule has 0 aliphatic carbocycles. The zero-order chi connectivity index (χ0) is 17.4. The molecule has 1 N–H and O–H groups in total. The summed E-state index contributed by atoms with van der Waals surface area (Å²) in [5, 5.41) is 12.0. The summed E-state index contributed by atoms with van der Waals surface area (Å²) in [6.45, 7) is 9.78. The number of anilines is 1. The van der Waals surface area contributed by atoms with E-state index in [0.717, 1.165) is 11.0 Å². The summed E-state index contributed by atoms with van der Waals surface area (Å²) >= 11 is 0. The highest BCUT2D eigenvalue weighted by Crippen LogP contribution is 2.24. The molecule has 3 aromatic heterocycles. The molecule has 3 rings (SSSR count). The van der Waals surface area contributed by atoms with E-state index in [-0.39, 0.29) is 17.9 Å². The van der Waals surface area contributed by atoms with E-state index < -0.39 is 0 Å². The number of aromatic nitrogens is 4. The van der Waals surface area contributed by atoms with Crippen molar-refractivity contribution in [1.82, 2.24) is 19.9 Å². The minimum Gasteiger partial charge on any atom is -0.360 e. The van der Waals surface area contributed by atoms with Crippen LogP contribution in [-0.4, -0.2) is 25.8 Å². The first-order valence-electron chi connectivity index (χ1n) is 7.99. The van der Waals surface area contributed by atoms with E-state index in [0.29, 0.717) is 22.7 Å². The molecule has 0 spiro atoms. The molecule has 0 aromatic carbocycles. The fourth-order valence-electron chi connectivity index (χ4n) is 2.64. The van der Waals surface area contributed by atoms with E-state index >= 15 is 0 Å². The summed E-state index contributed by atoms with van der Waals surface area (Å²) in [6.07, 6.45) is 3.39. The minimum absolute atomic E-state index is 0.0804. The minimum atomic E-state index is -0.241. The van der Waals surface area contributed by atoms with Crippen LogP contribution in [0.15, 0.2) is 23.0 Å². The van der Waals surface area contributed by atoms with Crippen molar-refractivity contribution in [1.29, 1.82) is 0 Å². The Morgan fingerprint density at radius 2 is 2.00 bits per heavy atom. The number of fused-ring (bicyclic) bond motifs is 1. The zero-order valence-electron chi connectivity index (χ0n) is 14.5. The van der Waals surface area contributed by atoms with Gasteiger partial charge >= 0.3 is 0 Å². The standard InChI is InChI=1S/C17H21N5O2/c1-9(2)15-14(11(5)21-24-15)17(23)20-13-6-12-7-19-22(10(3)4)16(12)18-8-13/h6-10H,1-5H3,(H,20,23). The number of amides is 1. The van der Waals surface area contributed by atoms with Gasteiger partial charge in [-0.25, -0.2) is 9.67 Å². The van der Waals surface area contributed by atoms with Gasteiger partial charge in [-0.2, -0.15) is 5.10 Å². The monoisotopic (exact) mass is 327 g/mol. The number of nitrogens with zero attached hydrogens (tertiary/aromatic N) is 4. The summed E-state index contributed by atoms with van der Waals surface area (Å²) < 4.78 is 7.12. The van der Waals surface area contributed by atoms with Crippen molar-refractivity contribution >= 4 is 22.6 Å². The summed E-state index contributed by atoms with van der Waals surface area (Å²) in [5.41, 5.74) is 2.49. The average Bonchev–Trinajstić information content (AvgIpc) is 3.10. The van der Waals surface area contributed by atoms with E-state index in [4.69, 9.17) is 4.52 Å². The molecular formula is C17H21N5O2. The maximum absolute atomic E-state index is 12.6. The van der Waals surface area contributed by atoms with Crippen molar-refractivity contribution in [2.24, 2.45) is 0 Å². The first-order valence-corrected chi connectivity index (χ1v) is 7.99. The van der Waals surface area contributed by atoms with Crippen LogP contribution >= 0.6 is 0 Å². The fourth-order valence-corrected chi connectivity index (χ4v) is 2.64. The third-order valence-electron chi connectivity index (χ3n) is 3.82. The van der Waals surface area contributed by atoms with Crippen LogP contribution in [0.25, 0.3) is 11.0 Å². The van der Waals surface area contributed by atoms with Gasteiger partial charge in [0.2, 0.25) is 0 Å². The van der Waals surface area contributed by atoms with Gasteiger partial charge in [0.1, 0.15) is 5.56 Å².